The molecule has 0 spiro atoms. The number of hydrogen-bond acceptors (Lipinski definition) is 3. The van der Waals surface area contributed by atoms with Crippen LogP contribution in [0.15, 0.2) is 79.4 Å². The Morgan fingerprint density at radius 2 is 1.59 bits per heavy atom. The second kappa shape index (κ2) is 11.6. The van der Waals surface area contributed by atoms with Crippen LogP contribution in [0.2, 0.25) is 6.32 Å². The third kappa shape index (κ3) is 6.31. The van der Waals surface area contributed by atoms with Crippen molar-refractivity contribution >= 4 is 7.85 Å². The summed E-state index contributed by atoms with van der Waals surface area (Å²) in [6.45, 7) is 4.53. The molecule has 152 valence electrons. The number of aromatic nitrogens is 2. The quantitative estimate of drug-likeness (QED) is 0.569. The Bertz CT molecular complexity index is 751. The van der Waals surface area contributed by atoms with Gasteiger partial charge < -0.3 is 14.0 Å². The molecule has 1 aliphatic heterocycles. The van der Waals surface area contributed by atoms with Crippen molar-refractivity contribution in [2.75, 3.05) is 13.2 Å². The van der Waals surface area contributed by atoms with E-state index in [0.717, 1.165) is 32.5 Å². The normalized spacial score (nSPS) is 15.1. The summed E-state index contributed by atoms with van der Waals surface area (Å²) < 4.78 is 13.1. The van der Waals surface area contributed by atoms with Crippen LogP contribution in [0.1, 0.15) is 30.4 Å². The Balaban J connectivity index is 0.000000166. The number of rotatable bonds is 7. The Kier molecular flexibility index (Phi) is 8.53. The lowest BCUT2D eigenvalue weighted by molar-refractivity contribution is -0.0884. The lowest BCUT2D eigenvalue weighted by Gasteiger charge is -2.20. The first-order valence-electron chi connectivity index (χ1n) is 10.6. The van der Waals surface area contributed by atoms with E-state index in [1.807, 2.05) is 12.5 Å². The van der Waals surface area contributed by atoms with Gasteiger partial charge in [-0.05, 0) is 17.5 Å². The Morgan fingerprint density at radius 3 is 2.03 bits per heavy atom. The van der Waals surface area contributed by atoms with E-state index >= 15 is 0 Å². The van der Waals surface area contributed by atoms with E-state index in [9.17, 15) is 0 Å². The van der Waals surface area contributed by atoms with Gasteiger partial charge in [0.15, 0.2) is 6.29 Å². The highest BCUT2D eigenvalue weighted by molar-refractivity contribution is 6.09. The molecule has 0 saturated carbocycles. The third-order valence-electron chi connectivity index (χ3n) is 5.37. The van der Waals surface area contributed by atoms with Crippen LogP contribution in [0, 0.1) is 5.92 Å². The van der Waals surface area contributed by atoms with Gasteiger partial charge in [-0.15, -0.1) is 0 Å². The largest absolute Gasteiger partial charge is 0.350 e. The first-order chi connectivity index (χ1) is 14.3. The van der Waals surface area contributed by atoms with Gasteiger partial charge in [-0.3, -0.25) is 0 Å². The minimum atomic E-state index is -0.0256. The summed E-state index contributed by atoms with van der Waals surface area (Å²) in [7, 11) is 2.24. The van der Waals surface area contributed by atoms with Gasteiger partial charge in [-0.2, -0.15) is 0 Å². The van der Waals surface area contributed by atoms with Crippen molar-refractivity contribution in [3.05, 3.63) is 90.5 Å². The van der Waals surface area contributed by atoms with Gasteiger partial charge in [0, 0.05) is 30.8 Å². The standard InChI is InChI=1S/C14H15B.C10H16N2O2/c15-11-14(12-7-3-1-4-8-12)13-9-5-2-6-10-13;1-2-9(10-13-5-6-14-10)7-12-4-3-11-8-12/h1-10,14H,11,15H2;3-4,8-10H,2,5-7H2,1H3. The minimum Gasteiger partial charge on any atom is -0.350 e. The smallest absolute Gasteiger partial charge is 0.162 e. The predicted molar refractivity (Wildman–Crippen MR) is 120 cm³/mol. The van der Waals surface area contributed by atoms with Crippen LogP contribution in [0.5, 0.6) is 0 Å². The Labute approximate surface area is 175 Å². The number of nitrogens with zero attached hydrogens (tertiary/aromatic N) is 2. The van der Waals surface area contributed by atoms with Gasteiger partial charge in [0.2, 0.25) is 0 Å². The fourth-order valence-corrected chi connectivity index (χ4v) is 3.76. The van der Waals surface area contributed by atoms with Gasteiger partial charge in [0.05, 0.1) is 19.5 Å². The van der Waals surface area contributed by atoms with E-state index in [4.69, 9.17) is 9.47 Å². The summed E-state index contributed by atoms with van der Waals surface area (Å²) >= 11 is 0. The fraction of sp³-hybridized carbons (Fsp3) is 0.375. The van der Waals surface area contributed by atoms with E-state index in [0.29, 0.717) is 11.8 Å². The molecule has 0 bridgehead atoms. The highest BCUT2D eigenvalue weighted by atomic mass is 16.7. The molecule has 0 radical (unpaired) electrons. The van der Waals surface area contributed by atoms with E-state index in [1.54, 1.807) is 6.20 Å². The molecule has 4 rings (SSSR count). The summed E-state index contributed by atoms with van der Waals surface area (Å²) in [6, 6.07) is 21.4. The molecule has 4 nitrogen and oxygen atoms in total. The maximum Gasteiger partial charge on any atom is 0.162 e. The fourth-order valence-electron chi connectivity index (χ4n) is 3.76. The van der Waals surface area contributed by atoms with Crippen LogP contribution < -0.4 is 0 Å². The lowest BCUT2D eigenvalue weighted by Crippen LogP contribution is -2.25. The number of benzene rings is 2. The number of ether oxygens (including phenoxy) is 2. The summed E-state index contributed by atoms with van der Waals surface area (Å²) in [5, 5.41) is 0. The molecule has 2 aromatic carbocycles. The zero-order valence-electron chi connectivity index (χ0n) is 17.5. The molecule has 1 saturated heterocycles. The molecule has 1 fully saturated rings. The molecule has 1 atom stereocenters. The van der Waals surface area contributed by atoms with Crippen LogP contribution in [0.3, 0.4) is 0 Å². The maximum absolute atomic E-state index is 5.50. The van der Waals surface area contributed by atoms with Crippen molar-refractivity contribution in [2.45, 2.75) is 38.4 Å². The van der Waals surface area contributed by atoms with Crippen molar-refractivity contribution in [2.24, 2.45) is 5.92 Å². The molecule has 1 unspecified atom stereocenters. The second-order valence-electron chi connectivity index (χ2n) is 7.32. The van der Waals surface area contributed by atoms with Crippen molar-refractivity contribution < 1.29 is 9.47 Å². The lowest BCUT2D eigenvalue weighted by atomic mass is 9.81. The van der Waals surface area contributed by atoms with Crippen LogP contribution in [-0.2, 0) is 16.0 Å². The molecule has 0 N–H and O–H groups in total. The summed E-state index contributed by atoms with van der Waals surface area (Å²) in [5.74, 6) is 0.957. The monoisotopic (exact) mass is 390 g/mol. The summed E-state index contributed by atoms with van der Waals surface area (Å²) in [5.41, 5.74) is 2.82. The molecule has 1 aromatic heterocycles. The summed E-state index contributed by atoms with van der Waals surface area (Å²) in [4.78, 5) is 4.02. The molecular formula is C24H31BN2O2. The van der Waals surface area contributed by atoms with Crippen LogP contribution in [0.25, 0.3) is 0 Å². The van der Waals surface area contributed by atoms with Gasteiger partial charge in [-0.1, -0.05) is 73.9 Å². The van der Waals surface area contributed by atoms with Crippen molar-refractivity contribution in [3.63, 3.8) is 0 Å². The molecule has 1 aliphatic rings. The predicted octanol–water partition coefficient (Wildman–Crippen LogP) is 4.15. The number of hydrogen-bond donors (Lipinski definition) is 0. The molecule has 5 heteroatoms. The molecule has 2 heterocycles. The Morgan fingerprint density at radius 1 is 1.00 bits per heavy atom. The van der Waals surface area contributed by atoms with E-state index in [-0.39, 0.29) is 6.29 Å². The third-order valence-corrected chi connectivity index (χ3v) is 5.37. The summed E-state index contributed by atoms with van der Waals surface area (Å²) in [6.07, 6.45) is 7.78. The van der Waals surface area contributed by atoms with Gasteiger partial charge in [0.25, 0.3) is 0 Å². The van der Waals surface area contributed by atoms with E-state index in [2.05, 4.69) is 85.0 Å². The Hall–Kier alpha value is -2.37. The zero-order valence-corrected chi connectivity index (χ0v) is 17.5. The first-order valence-corrected chi connectivity index (χ1v) is 10.6. The molecule has 29 heavy (non-hydrogen) atoms. The van der Waals surface area contributed by atoms with Crippen molar-refractivity contribution in [3.8, 4) is 0 Å². The van der Waals surface area contributed by atoms with Gasteiger partial charge in [0.1, 0.15) is 7.85 Å². The van der Waals surface area contributed by atoms with Crippen molar-refractivity contribution in [1.82, 2.24) is 9.55 Å². The molecule has 0 amide bonds. The van der Waals surface area contributed by atoms with E-state index < -0.39 is 0 Å². The average molecular weight is 390 g/mol. The van der Waals surface area contributed by atoms with Crippen LogP contribution in [0.4, 0.5) is 0 Å². The van der Waals surface area contributed by atoms with Crippen LogP contribution in [-0.4, -0.2) is 36.9 Å². The zero-order chi connectivity index (χ0) is 20.3. The molecule has 0 aliphatic carbocycles. The molecular weight excluding hydrogens is 359 g/mol. The van der Waals surface area contributed by atoms with Crippen molar-refractivity contribution in [1.29, 1.82) is 0 Å². The highest BCUT2D eigenvalue weighted by Gasteiger charge is 2.25. The highest BCUT2D eigenvalue weighted by Crippen LogP contribution is 2.26. The number of imidazole rings is 1. The van der Waals surface area contributed by atoms with Gasteiger partial charge >= 0.3 is 0 Å². The molecule has 3 aromatic rings. The first kappa shape index (κ1) is 21.3. The minimum absolute atomic E-state index is 0.0256. The van der Waals surface area contributed by atoms with E-state index in [1.165, 1.54) is 11.1 Å². The SMILES string of the molecule is BCC(c1ccccc1)c1ccccc1.CCC(Cn1ccnc1)C1OCCO1. The van der Waals surface area contributed by atoms with Crippen LogP contribution >= 0.6 is 0 Å². The topological polar surface area (TPSA) is 36.3 Å². The van der Waals surface area contributed by atoms with Gasteiger partial charge in [-0.25, -0.2) is 4.98 Å². The maximum atomic E-state index is 5.50. The second-order valence-corrected chi connectivity index (χ2v) is 7.32. The average Bonchev–Trinajstić information content (AvgIpc) is 3.49.